The molecule has 2 aromatic rings. The third kappa shape index (κ3) is 1.44. The summed E-state index contributed by atoms with van der Waals surface area (Å²) in [5.74, 6) is 0. The minimum absolute atomic E-state index is 0.242. The molecule has 13 heavy (non-hydrogen) atoms. The Morgan fingerprint density at radius 2 is 2.23 bits per heavy atom. The maximum atomic E-state index is 9.56. The predicted octanol–water partition coefficient (Wildman–Crippen LogP) is 1.29. The Balaban J connectivity index is 2.57. The highest BCUT2D eigenvalue weighted by atomic mass is 32.1. The molecule has 0 aliphatic rings. The average molecular weight is 194 g/mol. The highest BCUT2D eigenvalue weighted by Gasteiger charge is 2.12. The summed E-state index contributed by atoms with van der Waals surface area (Å²) in [5, 5.41) is 10.6. The minimum Gasteiger partial charge on any atom is -0.386 e. The number of nitrogens with two attached hydrogens (primary N) is 1. The lowest BCUT2D eigenvalue weighted by atomic mass is 10.2. The van der Waals surface area contributed by atoms with Crippen LogP contribution in [0.1, 0.15) is 11.0 Å². The van der Waals surface area contributed by atoms with E-state index in [9.17, 15) is 5.11 Å². The summed E-state index contributed by atoms with van der Waals surface area (Å²) in [6, 6.07) is 7.75. The molecule has 0 saturated carbocycles. The van der Waals surface area contributed by atoms with E-state index in [1.165, 1.54) is 11.5 Å². The van der Waals surface area contributed by atoms with Crippen LogP contribution in [-0.2, 0) is 0 Å². The van der Waals surface area contributed by atoms with Gasteiger partial charge in [-0.2, -0.15) is 4.37 Å². The Morgan fingerprint density at radius 3 is 3.00 bits per heavy atom. The van der Waals surface area contributed by atoms with Gasteiger partial charge in [0.15, 0.2) is 0 Å². The average Bonchev–Trinajstić information content (AvgIpc) is 2.60. The topological polar surface area (TPSA) is 59.1 Å². The van der Waals surface area contributed by atoms with Crippen LogP contribution in [0.5, 0.6) is 0 Å². The number of benzene rings is 1. The number of hydrogen-bond donors (Lipinski definition) is 2. The van der Waals surface area contributed by atoms with Crippen molar-refractivity contribution >= 4 is 22.4 Å². The number of aromatic nitrogens is 1. The van der Waals surface area contributed by atoms with E-state index >= 15 is 0 Å². The number of hydrogen-bond acceptors (Lipinski definition) is 4. The molecule has 1 atom stereocenters. The maximum absolute atomic E-state index is 9.56. The second-order valence-corrected chi connectivity index (χ2v) is 3.62. The van der Waals surface area contributed by atoms with Crippen molar-refractivity contribution in [2.24, 2.45) is 5.73 Å². The van der Waals surface area contributed by atoms with Gasteiger partial charge in [-0.25, -0.2) is 0 Å². The zero-order valence-corrected chi connectivity index (χ0v) is 7.79. The first-order valence-electron chi connectivity index (χ1n) is 4.05. The molecular weight excluding hydrogens is 184 g/mol. The molecule has 0 amide bonds. The molecule has 0 spiro atoms. The smallest absolute Gasteiger partial charge is 0.103 e. The highest BCUT2D eigenvalue weighted by Crippen LogP contribution is 2.27. The summed E-state index contributed by atoms with van der Waals surface area (Å²) in [7, 11) is 0. The fourth-order valence-corrected chi connectivity index (χ4v) is 2.10. The summed E-state index contributed by atoms with van der Waals surface area (Å²) < 4.78 is 4.21. The van der Waals surface area contributed by atoms with Gasteiger partial charge in [0.05, 0.1) is 10.4 Å². The molecule has 3 N–H and O–H groups in total. The van der Waals surface area contributed by atoms with Crippen LogP contribution in [0.4, 0.5) is 0 Å². The van der Waals surface area contributed by atoms with E-state index < -0.39 is 6.10 Å². The molecule has 0 radical (unpaired) electrons. The predicted molar refractivity (Wildman–Crippen MR) is 53.6 cm³/mol. The van der Waals surface area contributed by atoms with Crippen molar-refractivity contribution in [3.8, 4) is 0 Å². The van der Waals surface area contributed by atoms with Crippen molar-refractivity contribution in [1.29, 1.82) is 0 Å². The van der Waals surface area contributed by atoms with Crippen LogP contribution in [-0.4, -0.2) is 16.0 Å². The molecule has 1 aromatic carbocycles. The van der Waals surface area contributed by atoms with Gasteiger partial charge in [0.2, 0.25) is 0 Å². The van der Waals surface area contributed by atoms with Crippen molar-refractivity contribution in [3.05, 3.63) is 29.1 Å². The van der Waals surface area contributed by atoms with Gasteiger partial charge in [-0.3, -0.25) is 0 Å². The van der Waals surface area contributed by atoms with Crippen molar-refractivity contribution < 1.29 is 5.11 Å². The molecule has 0 aliphatic heterocycles. The van der Waals surface area contributed by atoms with Crippen LogP contribution in [0.25, 0.3) is 10.9 Å². The Morgan fingerprint density at radius 1 is 1.46 bits per heavy atom. The number of fused-ring (bicyclic) bond motifs is 1. The summed E-state index contributed by atoms with van der Waals surface area (Å²) in [4.78, 5) is 0.859. The largest absolute Gasteiger partial charge is 0.386 e. The minimum atomic E-state index is -0.586. The normalized spacial score (nSPS) is 13.4. The molecule has 1 heterocycles. The molecule has 4 heteroatoms. The summed E-state index contributed by atoms with van der Waals surface area (Å²) in [5.41, 5.74) is 6.31. The molecule has 0 aliphatic carbocycles. The van der Waals surface area contributed by atoms with E-state index in [4.69, 9.17) is 5.73 Å². The lowest BCUT2D eigenvalue weighted by Gasteiger charge is -2.03. The Labute approximate surface area is 80.0 Å². The highest BCUT2D eigenvalue weighted by molar-refractivity contribution is 7.07. The molecule has 1 aromatic heterocycles. The van der Waals surface area contributed by atoms with E-state index in [2.05, 4.69) is 4.37 Å². The van der Waals surface area contributed by atoms with Gasteiger partial charge in [-0.05, 0) is 17.6 Å². The van der Waals surface area contributed by atoms with Crippen LogP contribution in [0.2, 0.25) is 0 Å². The first-order valence-corrected chi connectivity index (χ1v) is 4.82. The quantitative estimate of drug-likeness (QED) is 0.757. The molecule has 0 fully saturated rings. The molecule has 0 bridgehead atoms. The van der Waals surface area contributed by atoms with Gasteiger partial charge in [0.25, 0.3) is 0 Å². The number of aliphatic hydroxyl groups is 1. The van der Waals surface area contributed by atoms with E-state index in [0.717, 1.165) is 15.8 Å². The SMILES string of the molecule is NCC(O)c1snc2ccccc12. The number of nitrogens with zero attached hydrogens (tertiary/aromatic N) is 1. The fraction of sp³-hybridized carbons (Fsp3) is 0.222. The van der Waals surface area contributed by atoms with Crippen LogP contribution < -0.4 is 5.73 Å². The molecular formula is C9H10N2OS. The molecule has 0 saturated heterocycles. The molecule has 3 nitrogen and oxygen atoms in total. The number of rotatable bonds is 2. The first-order chi connectivity index (χ1) is 6.33. The van der Waals surface area contributed by atoms with Crippen LogP contribution >= 0.6 is 11.5 Å². The monoisotopic (exact) mass is 194 g/mol. The van der Waals surface area contributed by atoms with Gasteiger partial charge in [-0.1, -0.05) is 18.2 Å². The molecule has 68 valence electrons. The second-order valence-electron chi connectivity index (χ2n) is 2.82. The molecule has 1 unspecified atom stereocenters. The van der Waals surface area contributed by atoms with E-state index in [1.54, 1.807) is 0 Å². The zero-order valence-electron chi connectivity index (χ0n) is 6.97. The Kier molecular flexibility index (Phi) is 2.26. The van der Waals surface area contributed by atoms with Crippen molar-refractivity contribution in [2.45, 2.75) is 6.10 Å². The van der Waals surface area contributed by atoms with Gasteiger partial charge in [0, 0.05) is 11.9 Å². The van der Waals surface area contributed by atoms with E-state index in [-0.39, 0.29) is 6.54 Å². The zero-order chi connectivity index (χ0) is 9.26. The number of aliphatic hydroxyl groups excluding tert-OH is 1. The van der Waals surface area contributed by atoms with Gasteiger partial charge in [-0.15, -0.1) is 0 Å². The van der Waals surface area contributed by atoms with E-state index in [1.807, 2.05) is 24.3 Å². The second kappa shape index (κ2) is 3.41. The lowest BCUT2D eigenvalue weighted by Crippen LogP contribution is -2.10. The van der Waals surface area contributed by atoms with Crippen LogP contribution in [0, 0.1) is 0 Å². The summed E-state index contributed by atoms with van der Waals surface area (Å²) in [6.45, 7) is 0.242. The van der Waals surface area contributed by atoms with Gasteiger partial charge in [0.1, 0.15) is 6.10 Å². The van der Waals surface area contributed by atoms with E-state index in [0.29, 0.717) is 0 Å². The standard InChI is InChI=1S/C9H10N2OS/c10-5-8(12)9-6-3-1-2-4-7(6)11-13-9/h1-4,8,12H,5,10H2. The van der Waals surface area contributed by atoms with Gasteiger partial charge >= 0.3 is 0 Å². The van der Waals surface area contributed by atoms with Crippen molar-refractivity contribution in [2.75, 3.05) is 6.54 Å². The van der Waals surface area contributed by atoms with Crippen molar-refractivity contribution in [1.82, 2.24) is 4.37 Å². The Hall–Kier alpha value is -0.970. The van der Waals surface area contributed by atoms with Gasteiger partial charge < -0.3 is 10.8 Å². The van der Waals surface area contributed by atoms with Crippen LogP contribution in [0.3, 0.4) is 0 Å². The third-order valence-electron chi connectivity index (χ3n) is 1.94. The molecule has 2 rings (SSSR count). The first kappa shape index (κ1) is 8.62. The van der Waals surface area contributed by atoms with Crippen molar-refractivity contribution in [3.63, 3.8) is 0 Å². The third-order valence-corrected chi connectivity index (χ3v) is 2.91. The lowest BCUT2D eigenvalue weighted by molar-refractivity contribution is 0.192. The Bertz CT molecular complexity index is 413. The van der Waals surface area contributed by atoms with Crippen LogP contribution in [0.15, 0.2) is 24.3 Å². The maximum Gasteiger partial charge on any atom is 0.103 e. The fourth-order valence-electron chi connectivity index (χ4n) is 1.26. The summed E-state index contributed by atoms with van der Waals surface area (Å²) in [6.07, 6.45) is -0.586. The summed E-state index contributed by atoms with van der Waals surface area (Å²) >= 11 is 1.32.